The van der Waals surface area contributed by atoms with E-state index in [1.54, 1.807) is 11.0 Å². The molecule has 1 N–H and O–H groups in total. The van der Waals surface area contributed by atoms with Crippen LogP contribution in [0.5, 0.6) is 0 Å². The van der Waals surface area contributed by atoms with Gasteiger partial charge in [0.2, 0.25) is 21.8 Å². The van der Waals surface area contributed by atoms with Gasteiger partial charge in [0.25, 0.3) is 0 Å². The topological polar surface area (TPSA) is 86.8 Å². The number of rotatable bonds is 14. The quantitative estimate of drug-likeness (QED) is 0.301. The number of anilines is 1. The summed E-state index contributed by atoms with van der Waals surface area (Å²) in [6.45, 7) is 6.80. The second kappa shape index (κ2) is 14.6. The molecule has 0 fully saturated rings. The van der Waals surface area contributed by atoms with Gasteiger partial charge in [0.1, 0.15) is 6.04 Å². The van der Waals surface area contributed by atoms with Crippen LogP contribution in [-0.4, -0.2) is 50.5 Å². The average molecular weight is 571 g/mol. The number of halogens is 2. The van der Waals surface area contributed by atoms with Crippen molar-refractivity contribution >= 4 is 50.7 Å². The molecule has 37 heavy (non-hydrogen) atoms. The van der Waals surface area contributed by atoms with Gasteiger partial charge in [-0.2, -0.15) is 0 Å². The summed E-state index contributed by atoms with van der Waals surface area (Å²) >= 11 is 12.3. The predicted octanol–water partition coefficient (Wildman–Crippen LogP) is 5.57. The van der Waals surface area contributed by atoms with Crippen LogP contribution in [0.2, 0.25) is 10.0 Å². The van der Waals surface area contributed by atoms with Crippen molar-refractivity contribution in [1.82, 2.24) is 10.2 Å². The molecule has 10 heteroatoms. The van der Waals surface area contributed by atoms with Crippen molar-refractivity contribution in [2.24, 2.45) is 0 Å². The number of sulfonamides is 1. The van der Waals surface area contributed by atoms with Crippen molar-refractivity contribution < 1.29 is 18.0 Å². The van der Waals surface area contributed by atoms with Gasteiger partial charge < -0.3 is 10.2 Å². The Morgan fingerprint density at radius 3 is 2.41 bits per heavy atom. The minimum absolute atomic E-state index is 0.0441. The molecule has 0 aliphatic carbocycles. The summed E-state index contributed by atoms with van der Waals surface area (Å²) in [6, 6.07) is 11.8. The van der Waals surface area contributed by atoms with Crippen LogP contribution < -0.4 is 9.62 Å². The molecule has 0 spiro atoms. The normalized spacial score (nSPS) is 12.2. The molecule has 0 radical (unpaired) electrons. The van der Waals surface area contributed by atoms with E-state index in [1.165, 1.54) is 12.1 Å². The molecular formula is C27H37Cl2N3O4S. The van der Waals surface area contributed by atoms with E-state index >= 15 is 0 Å². The highest BCUT2D eigenvalue weighted by molar-refractivity contribution is 7.92. The number of benzene rings is 2. The number of hydrogen-bond donors (Lipinski definition) is 1. The number of amides is 2. The number of hydrogen-bond acceptors (Lipinski definition) is 4. The maximum absolute atomic E-state index is 13.5. The van der Waals surface area contributed by atoms with E-state index in [0.717, 1.165) is 34.5 Å². The van der Waals surface area contributed by atoms with Gasteiger partial charge in [0.15, 0.2) is 0 Å². The lowest BCUT2D eigenvalue weighted by Gasteiger charge is -2.31. The fraction of sp³-hybridized carbons (Fsp3) is 0.481. The summed E-state index contributed by atoms with van der Waals surface area (Å²) in [5, 5.41) is 3.55. The zero-order valence-corrected chi connectivity index (χ0v) is 24.3. The highest BCUT2D eigenvalue weighted by atomic mass is 35.5. The summed E-state index contributed by atoms with van der Waals surface area (Å²) in [5.74, 6) is -0.398. The van der Waals surface area contributed by atoms with E-state index in [2.05, 4.69) is 5.32 Å². The molecule has 0 heterocycles. The van der Waals surface area contributed by atoms with Crippen LogP contribution in [0.25, 0.3) is 0 Å². The molecule has 2 aromatic carbocycles. The number of carbonyl (C=O) groups is 2. The lowest BCUT2D eigenvalue weighted by molar-refractivity contribution is -0.141. The van der Waals surface area contributed by atoms with Crippen molar-refractivity contribution in [2.45, 2.75) is 65.5 Å². The Hall–Kier alpha value is -2.29. The van der Waals surface area contributed by atoms with Gasteiger partial charge >= 0.3 is 0 Å². The minimum Gasteiger partial charge on any atom is -0.354 e. The first-order chi connectivity index (χ1) is 17.5. The lowest BCUT2D eigenvalue weighted by Crippen LogP contribution is -2.49. The van der Waals surface area contributed by atoms with Gasteiger partial charge in [0.05, 0.1) is 17.0 Å². The first-order valence-corrected chi connectivity index (χ1v) is 15.1. The van der Waals surface area contributed by atoms with E-state index in [-0.39, 0.29) is 48.5 Å². The molecule has 2 amide bonds. The monoisotopic (exact) mass is 569 g/mol. The molecular weight excluding hydrogens is 533 g/mol. The SMILES string of the molecule is CCCCNC(=O)[C@H](CC)N(Cc1cccc(C)c1)C(=O)CCCN(c1cc(Cl)ccc1Cl)S(C)(=O)=O. The second-order valence-corrected chi connectivity index (χ2v) is 11.9. The van der Waals surface area contributed by atoms with Crippen LogP contribution in [0, 0.1) is 6.92 Å². The maximum Gasteiger partial charge on any atom is 0.242 e. The average Bonchev–Trinajstić information content (AvgIpc) is 2.82. The molecule has 0 bridgehead atoms. The van der Waals surface area contributed by atoms with Gasteiger partial charge in [-0.15, -0.1) is 0 Å². The minimum atomic E-state index is -3.67. The predicted molar refractivity (Wildman–Crippen MR) is 152 cm³/mol. The zero-order chi connectivity index (χ0) is 27.6. The Balaban J connectivity index is 2.23. The maximum atomic E-state index is 13.5. The van der Waals surface area contributed by atoms with Crippen molar-refractivity contribution in [1.29, 1.82) is 0 Å². The van der Waals surface area contributed by atoms with Crippen LogP contribution in [0.15, 0.2) is 42.5 Å². The molecule has 0 aliphatic rings. The van der Waals surface area contributed by atoms with Crippen molar-refractivity contribution in [3.8, 4) is 0 Å². The third-order valence-corrected chi connectivity index (χ3v) is 7.71. The van der Waals surface area contributed by atoms with Crippen LogP contribution in [0.4, 0.5) is 5.69 Å². The molecule has 0 saturated carbocycles. The first kappa shape index (κ1) is 30.9. The van der Waals surface area contributed by atoms with Crippen molar-refractivity contribution in [3.63, 3.8) is 0 Å². The highest BCUT2D eigenvalue weighted by Crippen LogP contribution is 2.31. The molecule has 0 aromatic heterocycles. The molecule has 2 rings (SSSR count). The summed E-state index contributed by atoms with van der Waals surface area (Å²) in [7, 11) is -3.67. The summed E-state index contributed by atoms with van der Waals surface area (Å²) in [4.78, 5) is 28.1. The molecule has 204 valence electrons. The van der Waals surface area contributed by atoms with Crippen LogP contribution in [0.3, 0.4) is 0 Å². The standard InChI is InChI=1S/C27H37Cl2N3O4S/c1-5-7-15-30-27(34)24(6-2)31(19-21-11-8-10-20(3)17-21)26(33)12-9-16-32(37(4,35)36)25-18-22(28)13-14-23(25)29/h8,10-11,13-14,17-18,24H,5-7,9,12,15-16,19H2,1-4H3,(H,30,34)/t24-/m0/s1. The highest BCUT2D eigenvalue weighted by Gasteiger charge is 2.29. The van der Waals surface area contributed by atoms with Crippen LogP contribution in [0.1, 0.15) is 57.1 Å². The Morgan fingerprint density at radius 1 is 1.05 bits per heavy atom. The van der Waals surface area contributed by atoms with Gasteiger partial charge in [-0.05, 0) is 49.9 Å². The second-order valence-electron chi connectivity index (χ2n) is 9.11. The largest absolute Gasteiger partial charge is 0.354 e. The van der Waals surface area contributed by atoms with Crippen LogP contribution in [-0.2, 0) is 26.2 Å². The van der Waals surface area contributed by atoms with Crippen molar-refractivity contribution in [3.05, 3.63) is 63.6 Å². The summed E-state index contributed by atoms with van der Waals surface area (Å²) in [5.41, 5.74) is 2.26. The van der Waals surface area contributed by atoms with Gasteiger partial charge in [-0.25, -0.2) is 8.42 Å². The molecule has 0 unspecified atom stereocenters. The van der Waals surface area contributed by atoms with Crippen LogP contribution >= 0.6 is 23.2 Å². The Morgan fingerprint density at radius 2 is 1.78 bits per heavy atom. The Labute approximate surface area is 231 Å². The van der Waals surface area contributed by atoms with E-state index in [1.807, 2.05) is 45.0 Å². The summed E-state index contributed by atoms with van der Waals surface area (Å²) < 4.78 is 26.2. The molecule has 0 saturated heterocycles. The number of carbonyl (C=O) groups excluding carboxylic acids is 2. The van der Waals surface area contributed by atoms with E-state index in [0.29, 0.717) is 18.0 Å². The molecule has 0 aliphatic heterocycles. The molecule has 1 atom stereocenters. The van der Waals surface area contributed by atoms with E-state index in [4.69, 9.17) is 23.2 Å². The smallest absolute Gasteiger partial charge is 0.242 e. The summed E-state index contributed by atoms with van der Waals surface area (Å²) in [6.07, 6.45) is 3.67. The number of nitrogens with one attached hydrogen (secondary N) is 1. The Bertz CT molecular complexity index is 1170. The lowest BCUT2D eigenvalue weighted by atomic mass is 10.1. The Kier molecular flexibility index (Phi) is 12.2. The van der Waals surface area contributed by atoms with E-state index < -0.39 is 16.1 Å². The molecule has 7 nitrogen and oxygen atoms in total. The third kappa shape index (κ3) is 9.51. The van der Waals surface area contributed by atoms with Gasteiger partial charge in [0, 0.05) is 31.1 Å². The third-order valence-electron chi connectivity index (χ3n) is 5.98. The number of nitrogens with zero attached hydrogens (tertiary/aromatic N) is 2. The van der Waals surface area contributed by atoms with Gasteiger partial charge in [-0.1, -0.05) is 73.3 Å². The van der Waals surface area contributed by atoms with E-state index in [9.17, 15) is 18.0 Å². The number of unbranched alkanes of at least 4 members (excludes halogenated alkanes) is 1. The first-order valence-electron chi connectivity index (χ1n) is 12.5. The molecule has 2 aromatic rings. The zero-order valence-electron chi connectivity index (χ0n) is 22.0. The van der Waals surface area contributed by atoms with Crippen molar-refractivity contribution in [2.75, 3.05) is 23.7 Å². The van der Waals surface area contributed by atoms with Gasteiger partial charge in [-0.3, -0.25) is 13.9 Å². The fourth-order valence-electron chi connectivity index (χ4n) is 4.09. The number of aryl methyl sites for hydroxylation is 1. The fourth-order valence-corrected chi connectivity index (χ4v) is 5.50.